The van der Waals surface area contributed by atoms with Gasteiger partial charge >= 0.3 is 5.97 Å². The lowest BCUT2D eigenvalue weighted by molar-refractivity contribution is 0.0698. The predicted molar refractivity (Wildman–Crippen MR) is 102 cm³/mol. The van der Waals surface area contributed by atoms with Crippen molar-refractivity contribution in [3.63, 3.8) is 0 Å². The van der Waals surface area contributed by atoms with Gasteiger partial charge in [-0.3, -0.25) is 0 Å². The van der Waals surface area contributed by atoms with Crippen LogP contribution in [0, 0.1) is 0 Å². The number of carboxylic acids is 1. The van der Waals surface area contributed by atoms with E-state index in [-0.39, 0.29) is 5.56 Å². The zero-order valence-electron chi connectivity index (χ0n) is 13.8. The van der Waals surface area contributed by atoms with Crippen molar-refractivity contribution in [3.05, 3.63) is 76.9 Å². The zero-order valence-corrected chi connectivity index (χ0v) is 14.6. The molecule has 3 aromatic rings. The highest BCUT2D eigenvalue weighted by molar-refractivity contribution is 6.30. The third-order valence-electron chi connectivity index (χ3n) is 3.66. The molecule has 0 amide bonds. The number of nitrogens with one attached hydrogen (secondary N) is 2. The molecule has 0 atom stereocenters. The van der Waals surface area contributed by atoms with Crippen molar-refractivity contribution in [2.45, 2.75) is 6.42 Å². The maximum atomic E-state index is 11.3. The van der Waals surface area contributed by atoms with Crippen LogP contribution in [0.4, 0.5) is 17.5 Å². The van der Waals surface area contributed by atoms with Crippen molar-refractivity contribution in [1.82, 2.24) is 9.97 Å². The van der Waals surface area contributed by atoms with E-state index in [1.165, 1.54) is 6.07 Å². The number of nitrogens with zero attached hydrogens (tertiary/aromatic N) is 2. The highest BCUT2D eigenvalue weighted by Crippen LogP contribution is 2.20. The van der Waals surface area contributed by atoms with Crippen LogP contribution in [0.1, 0.15) is 15.9 Å². The van der Waals surface area contributed by atoms with Gasteiger partial charge in [0.25, 0.3) is 0 Å². The van der Waals surface area contributed by atoms with Gasteiger partial charge in [-0.25, -0.2) is 9.78 Å². The second-order valence-electron chi connectivity index (χ2n) is 5.55. The molecule has 0 aliphatic heterocycles. The molecule has 7 heteroatoms. The Balaban J connectivity index is 1.64. The van der Waals surface area contributed by atoms with Gasteiger partial charge in [-0.15, -0.1) is 0 Å². The van der Waals surface area contributed by atoms with Gasteiger partial charge in [0.05, 0.1) is 11.3 Å². The molecule has 0 spiro atoms. The van der Waals surface area contributed by atoms with Gasteiger partial charge < -0.3 is 15.7 Å². The lowest BCUT2D eigenvalue weighted by Crippen LogP contribution is -2.09. The normalized spacial score (nSPS) is 10.3. The molecule has 1 heterocycles. The maximum Gasteiger partial charge on any atom is 0.337 e. The van der Waals surface area contributed by atoms with Crippen LogP contribution in [0.25, 0.3) is 0 Å². The van der Waals surface area contributed by atoms with Crippen molar-refractivity contribution in [3.8, 4) is 0 Å². The third-order valence-corrected chi connectivity index (χ3v) is 3.90. The summed E-state index contributed by atoms with van der Waals surface area (Å²) in [7, 11) is 0. The topological polar surface area (TPSA) is 87.1 Å². The summed E-state index contributed by atoms with van der Waals surface area (Å²) in [4.78, 5) is 19.8. The molecule has 2 aromatic carbocycles. The zero-order chi connectivity index (χ0) is 18.4. The minimum absolute atomic E-state index is 0.182. The quantitative estimate of drug-likeness (QED) is 0.578. The average molecular weight is 369 g/mol. The van der Waals surface area contributed by atoms with Crippen molar-refractivity contribution in [1.29, 1.82) is 0 Å². The molecule has 0 saturated carbocycles. The summed E-state index contributed by atoms with van der Waals surface area (Å²) in [5.41, 5.74) is 1.78. The highest BCUT2D eigenvalue weighted by Gasteiger charge is 2.09. The van der Waals surface area contributed by atoms with Crippen LogP contribution in [0.15, 0.2) is 60.8 Å². The first-order valence-electron chi connectivity index (χ1n) is 8.02. The second-order valence-corrected chi connectivity index (χ2v) is 5.98. The fourth-order valence-corrected chi connectivity index (χ4v) is 2.65. The van der Waals surface area contributed by atoms with E-state index in [0.717, 1.165) is 12.0 Å². The van der Waals surface area contributed by atoms with Crippen molar-refractivity contribution in [2.24, 2.45) is 0 Å². The third kappa shape index (κ3) is 4.70. The van der Waals surface area contributed by atoms with Gasteiger partial charge in [-0.05, 0) is 42.3 Å². The van der Waals surface area contributed by atoms with E-state index in [9.17, 15) is 9.90 Å². The molecule has 0 radical (unpaired) electrons. The number of halogens is 1. The fourth-order valence-electron chi connectivity index (χ4n) is 2.44. The van der Waals surface area contributed by atoms with Crippen molar-refractivity contribution < 1.29 is 9.90 Å². The van der Waals surface area contributed by atoms with Crippen LogP contribution in [0.3, 0.4) is 0 Å². The fraction of sp³-hybridized carbons (Fsp3) is 0.105. The smallest absolute Gasteiger partial charge is 0.337 e. The molecule has 0 aliphatic rings. The van der Waals surface area contributed by atoms with Gasteiger partial charge in [0.1, 0.15) is 5.82 Å². The summed E-state index contributed by atoms with van der Waals surface area (Å²) in [5.74, 6) is -0.0224. The van der Waals surface area contributed by atoms with E-state index < -0.39 is 5.97 Å². The molecule has 3 N–H and O–H groups in total. The lowest BCUT2D eigenvalue weighted by Gasteiger charge is -2.10. The largest absolute Gasteiger partial charge is 0.478 e. The van der Waals surface area contributed by atoms with Gasteiger partial charge in [0.2, 0.25) is 5.95 Å². The number of carbonyl (C=O) groups is 1. The molecule has 26 heavy (non-hydrogen) atoms. The Morgan fingerprint density at radius 2 is 1.96 bits per heavy atom. The van der Waals surface area contributed by atoms with E-state index in [4.69, 9.17) is 11.6 Å². The summed E-state index contributed by atoms with van der Waals surface area (Å²) in [6.07, 6.45) is 2.39. The van der Waals surface area contributed by atoms with Crippen LogP contribution >= 0.6 is 11.6 Å². The van der Waals surface area contributed by atoms with E-state index in [0.29, 0.717) is 29.0 Å². The maximum absolute atomic E-state index is 11.3. The van der Waals surface area contributed by atoms with Gasteiger partial charge in [-0.1, -0.05) is 35.9 Å². The monoisotopic (exact) mass is 368 g/mol. The van der Waals surface area contributed by atoms with Crippen LogP contribution in [0.5, 0.6) is 0 Å². The lowest BCUT2D eigenvalue weighted by atomic mass is 10.1. The summed E-state index contributed by atoms with van der Waals surface area (Å²) in [6, 6.07) is 16.0. The first-order valence-corrected chi connectivity index (χ1v) is 8.40. The Labute approximate surface area is 155 Å². The number of hydrogen-bond acceptors (Lipinski definition) is 5. The number of benzene rings is 2. The Hall–Kier alpha value is -3.12. The Bertz CT molecular complexity index is 917. The molecule has 0 fully saturated rings. The van der Waals surface area contributed by atoms with Crippen molar-refractivity contribution in [2.75, 3.05) is 17.2 Å². The van der Waals surface area contributed by atoms with Gasteiger partial charge in [0.15, 0.2) is 0 Å². The molecule has 132 valence electrons. The molecule has 0 saturated heterocycles. The number of aromatic nitrogens is 2. The van der Waals surface area contributed by atoms with E-state index >= 15 is 0 Å². The summed E-state index contributed by atoms with van der Waals surface area (Å²) >= 11 is 5.98. The first-order chi connectivity index (χ1) is 12.6. The molecule has 0 aliphatic carbocycles. The molecule has 0 unspecified atom stereocenters. The minimum Gasteiger partial charge on any atom is -0.478 e. The molecular weight excluding hydrogens is 352 g/mol. The number of para-hydroxylation sites is 1. The summed E-state index contributed by atoms with van der Waals surface area (Å²) < 4.78 is 0. The Morgan fingerprint density at radius 3 is 2.77 bits per heavy atom. The predicted octanol–water partition coefficient (Wildman–Crippen LogP) is 4.23. The molecule has 1 aromatic heterocycles. The highest BCUT2D eigenvalue weighted by atomic mass is 35.5. The Morgan fingerprint density at radius 1 is 1.12 bits per heavy atom. The van der Waals surface area contributed by atoms with Crippen LogP contribution in [-0.4, -0.2) is 27.6 Å². The average Bonchev–Trinajstić information content (AvgIpc) is 2.62. The molecular formula is C19H17ClN4O2. The van der Waals surface area contributed by atoms with E-state index in [1.54, 1.807) is 30.5 Å². The molecule has 0 bridgehead atoms. The number of carboxylic acid groups (broad SMARTS) is 1. The number of hydrogen-bond donors (Lipinski definition) is 3. The number of aromatic carboxylic acids is 1. The summed E-state index contributed by atoms with van der Waals surface area (Å²) in [6.45, 7) is 0.648. The SMILES string of the molecule is O=C(O)c1ccccc1Nc1ccnc(NCCc2cccc(Cl)c2)n1. The Kier molecular flexibility index (Phi) is 5.66. The van der Waals surface area contributed by atoms with E-state index in [1.807, 2.05) is 24.3 Å². The van der Waals surface area contributed by atoms with E-state index in [2.05, 4.69) is 20.6 Å². The van der Waals surface area contributed by atoms with Gasteiger partial charge in [0, 0.05) is 17.8 Å². The summed E-state index contributed by atoms with van der Waals surface area (Å²) in [5, 5.41) is 16.1. The first kappa shape index (κ1) is 17.7. The number of anilines is 3. The van der Waals surface area contributed by atoms with Crippen molar-refractivity contribution >= 4 is 35.0 Å². The molecule has 6 nitrogen and oxygen atoms in total. The minimum atomic E-state index is -0.998. The number of rotatable bonds is 7. The van der Waals surface area contributed by atoms with Crippen LogP contribution < -0.4 is 10.6 Å². The second kappa shape index (κ2) is 8.31. The van der Waals surface area contributed by atoms with Crippen LogP contribution in [0.2, 0.25) is 5.02 Å². The van der Waals surface area contributed by atoms with Crippen LogP contribution in [-0.2, 0) is 6.42 Å². The molecule has 3 rings (SSSR count). The standard InChI is InChI=1S/C19H17ClN4O2/c20-14-5-3-4-13(12-14)8-10-21-19-22-11-9-17(24-19)23-16-7-2-1-6-15(16)18(25)26/h1-7,9,11-12H,8,10H2,(H,25,26)(H2,21,22,23,24). The van der Waals surface area contributed by atoms with Gasteiger partial charge in [-0.2, -0.15) is 4.98 Å².